The van der Waals surface area contributed by atoms with Crippen LogP contribution in [0.25, 0.3) is 0 Å². The standard InChI is InChI=1S/C44H76O4/c1-3-5-7-9-11-13-15-17-19-21-23-25-27-29-31-33-36-39(40-37-34-38-41(43(45)46)42(40)44(47)48)35-32-30-28-26-24-22-20-18-16-14-12-10-8-6-4-2/h17,19,34,37-39H,3-16,18,20-33,35-36H2,1-2H3,(H,45,46)(H,47,48)/b19-17-. The number of hydrogen-bond donors (Lipinski definition) is 2. The van der Waals surface area contributed by atoms with Crippen LogP contribution in [0.5, 0.6) is 0 Å². The van der Waals surface area contributed by atoms with Gasteiger partial charge in [-0.15, -0.1) is 0 Å². The Kier molecular flexibility index (Phi) is 29.4. The van der Waals surface area contributed by atoms with Crippen molar-refractivity contribution in [1.82, 2.24) is 0 Å². The number of unbranched alkanes of at least 4 members (excludes halogenated alkanes) is 26. The van der Waals surface area contributed by atoms with Gasteiger partial charge in [0.2, 0.25) is 0 Å². The topological polar surface area (TPSA) is 74.6 Å². The molecule has 1 aromatic carbocycles. The molecule has 0 aliphatic heterocycles. The molecule has 0 aromatic heterocycles. The van der Waals surface area contributed by atoms with Gasteiger partial charge in [0.05, 0.1) is 11.1 Å². The summed E-state index contributed by atoms with van der Waals surface area (Å²) in [5.74, 6) is -2.17. The van der Waals surface area contributed by atoms with E-state index in [1.165, 1.54) is 173 Å². The highest BCUT2D eigenvalue weighted by molar-refractivity contribution is 6.02. The molecular weight excluding hydrogens is 592 g/mol. The molecule has 0 aliphatic carbocycles. The van der Waals surface area contributed by atoms with Crippen molar-refractivity contribution in [3.8, 4) is 0 Å². The van der Waals surface area contributed by atoms with Gasteiger partial charge in [0.1, 0.15) is 0 Å². The Morgan fingerprint density at radius 3 is 1.21 bits per heavy atom. The molecule has 0 fully saturated rings. The zero-order valence-electron chi connectivity index (χ0n) is 31.6. The number of aromatic carboxylic acids is 2. The van der Waals surface area contributed by atoms with E-state index in [4.69, 9.17) is 0 Å². The lowest BCUT2D eigenvalue weighted by Crippen LogP contribution is -2.14. The van der Waals surface area contributed by atoms with Crippen molar-refractivity contribution in [3.63, 3.8) is 0 Å². The number of carbonyl (C=O) groups is 2. The number of carboxylic acids is 2. The van der Waals surface area contributed by atoms with Crippen LogP contribution in [0.3, 0.4) is 0 Å². The van der Waals surface area contributed by atoms with E-state index in [1.807, 2.05) is 6.07 Å². The molecule has 4 nitrogen and oxygen atoms in total. The Balaban J connectivity index is 2.35. The van der Waals surface area contributed by atoms with Crippen molar-refractivity contribution < 1.29 is 19.8 Å². The largest absolute Gasteiger partial charge is 0.478 e. The zero-order valence-corrected chi connectivity index (χ0v) is 31.6. The van der Waals surface area contributed by atoms with Crippen LogP contribution >= 0.6 is 0 Å². The molecule has 2 N–H and O–H groups in total. The summed E-state index contributed by atoms with van der Waals surface area (Å²) in [6.45, 7) is 4.54. The molecule has 1 atom stereocenters. The lowest BCUT2D eigenvalue weighted by molar-refractivity contribution is 0.0650. The Bertz CT molecular complexity index is 936. The van der Waals surface area contributed by atoms with Gasteiger partial charge in [-0.05, 0) is 56.1 Å². The maximum absolute atomic E-state index is 12.2. The van der Waals surface area contributed by atoms with Gasteiger partial charge in [-0.25, -0.2) is 9.59 Å². The quantitative estimate of drug-likeness (QED) is 0.0557. The number of allylic oxidation sites excluding steroid dienone is 2. The summed E-state index contributed by atoms with van der Waals surface area (Å²) in [5, 5.41) is 19.7. The van der Waals surface area contributed by atoms with Gasteiger partial charge in [-0.3, -0.25) is 0 Å². The Morgan fingerprint density at radius 2 is 0.854 bits per heavy atom. The number of carboxylic acid groups (broad SMARTS) is 2. The first kappa shape index (κ1) is 43.9. The van der Waals surface area contributed by atoms with Crippen molar-refractivity contribution >= 4 is 11.9 Å². The smallest absolute Gasteiger partial charge is 0.336 e. The minimum atomic E-state index is -1.16. The van der Waals surface area contributed by atoms with E-state index < -0.39 is 11.9 Å². The number of hydrogen-bond acceptors (Lipinski definition) is 2. The van der Waals surface area contributed by atoms with Crippen LogP contribution in [-0.2, 0) is 0 Å². The van der Waals surface area contributed by atoms with Gasteiger partial charge in [0.25, 0.3) is 0 Å². The fourth-order valence-electron chi connectivity index (χ4n) is 7.18. The normalized spacial score (nSPS) is 12.2. The summed E-state index contributed by atoms with van der Waals surface area (Å²) in [5.41, 5.74) is 0.642. The van der Waals surface area contributed by atoms with E-state index in [2.05, 4.69) is 26.0 Å². The molecule has 1 aromatic rings. The van der Waals surface area contributed by atoms with Crippen molar-refractivity contribution in [2.75, 3.05) is 0 Å². The first-order valence-electron chi connectivity index (χ1n) is 20.8. The van der Waals surface area contributed by atoms with Crippen molar-refractivity contribution in [3.05, 3.63) is 47.0 Å². The second-order valence-electron chi connectivity index (χ2n) is 14.5. The highest BCUT2D eigenvalue weighted by Gasteiger charge is 2.24. The third-order valence-corrected chi connectivity index (χ3v) is 10.2. The molecule has 0 spiro atoms. The van der Waals surface area contributed by atoms with Crippen LogP contribution in [0.4, 0.5) is 0 Å². The van der Waals surface area contributed by atoms with Crippen molar-refractivity contribution in [2.45, 2.75) is 219 Å². The first-order chi connectivity index (χ1) is 23.5. The molecule has 0 amide bonds. The summed E-state index contributed by atoms with van der Waals surface area (Å²) in [6, 6.07) is 5.03. The van der Waals surface area contributed by atoms with Crippen LogP contribution in [0.1, 0.15) is 245 Å². The molecule has 4 heteroatoms. The van der Waals surface area contributed by atoms with E-state index in [1.54, 1.807) is 6.07 Å². The molecule has 0 saturated carbocycles. The SMILES string of the molecule is CCCCCCCC/C=C\CCCCCCCCC(CCCCCCCCCCCCCCCCC)c1cccc(C(=O)O)c1C(=O)O. The third kappa shape index (κ3) is 23.3. The molecule has 0 saturated heterocycles. The lowest BCUT2D eigenvalue weighted by Gasteiger charge is -2.20. The number of rotatable bonds is 35. The molecule has 1 rings (SSSR count). The highest BCUT2D eigenvalue weighted by Crippen LogP contribution is 2.33. The molecule has 0 aliphatic rings. The molecule has 0 radical (unpaired) electrons. The summed E-state index contributed by atoms with van der Waals surface area (Å²) in [7, 11) is 0. The van der Waals surface area contributed by atoms with E-state index >= 15 is 0 Å². The van der Waals surface area contributed by atoms with Gasteiger partial charge in [0, 0.05) is 0 Å². The highest BCUT2D eigenvalue weighted by atomic mass is 16.4. The maximum Gasteiger partial charge on any atom is 0.336 e. The zero-order chi connectivity index (χ0) is 34.9. The van der Waals surface area contributed by atoms with Crippen LogP contribution in [0.15, 0.2) is 30.4 Å². The van der Waals surface area contributed by atoms with E-state index in [0.29, 0.717) is 0 Å². The molecular formula is C44H76O4. The fourth-order valence-corrected chi connectivity index (χ4v) is 7.18. The van der Waals surface area contributed by atoms with Crippen LogP contribution in [0, 0.1) is 0 Å². The number of benzene rings is 1. The molecule has 48 heavy (non-hydrogen) atoms. The van der Waals surface area contributed by atoms with Crippen LogP contribution in [-0.4, -0.2) is 22.2 Å². The Labute approximate surface area is 297 Å². The second-order valence-corrected chi connectivity index (χ2v) is 14.5. The predicted octanol–water partition coefficient (Wildman–Crippen LogP) is 14.9. The monoisotopic (exact) mass is 669 g/mol. The average Bonchev–Trinajstić information content (AvgIpc) is 3.08. The second kappa shape index (κ2) is 32.1. The van der Waals surface area contributed by atoms with E-state index in [9.17, 15) is 19.8 Å². The van der Waals surface area contributed by atoms with Gasteiger partial charge in [0.15, 0.2) is 0 Å². The van der Waals surface area contributed by atoms with E-state index in [-0.39, 0.29) is 17.0 Å². The molecule has 0 heterocycles. The van der Waals surface area contributed by atoms with Crippen molar-refractivity contribution in [1.29, 1.82) is 0 Å². The molecule has 1 unspecified atom stereocenters. The minimum absolute atomic E-state index is 0.000470. The van der Waals surface area contributed by atoms with Gasteiger partial charge < -0.3 is 10.2 Å². The molecule has 0 bridgehead atoms. The molecule has 276 valence electrons. The maximum atomic E-state index is 12.2. The van der Waals surface area contributed by atoms with Crippen LogP contribution < -0.4 is 0 Å². The Morgan fingerprint density at radius 1 is 0.500 bits per heavy atom. The third-order valence-electron chi connectivity index (χ3n) is 10.2. The van der Waals surface area contributed by atoms with Crippen LogP contribution in [0.2, 0.25) is 0 Å². The summed E-state index contributed by atoms with van der Waals surface area (Å²) < 4.78 is 0. The lowest BCUT2D eigenvalue weighted by atomic mass is 9.84. The summed E-state index contributed by atoms with van der Waals surface area (Å²) in [4.78, 5) is 24.1. The van der Waals surface area contributed by atoms with Gasteiger partial charge in [-0.1, -0.05) is 199 Å². The fraction of sp³-hybridized carbons (Fsp3) is 0.773. The van der Waals surface area contributed by atoms with Gasteiger partial charge >= 0.3 is 11.9 Å². The minimum Gasteiger partial charge on any atom is -0.478 e. The summed E-state index contributed by atoms with van der Waals surface area (Å²) >= 11 is 0. The van der Waals surface area contributed by atoms with Crippen molar-refractivity contribution in [2.24, 2.45) is 0 Å². The van der Waals surface area contributed by atoms with Gasteiger partial charge in [-0.2, -0.15) is 0 Å². The van der Waals surface area contributed by atoms with E-state index in [0.717, 1.165) is 37.7 Å². The Hall–Kier alpha value is -2.10. The average molecular weight is 669 g/mol. The summed E-state index contributed by atoms with van der Waals surface area (Å²) in [6.07, 6.45) is 44.4. The first-order valence-corrected chi connectivity index (χ1v) is 20.8. The predicted molar refractivity (Wildman–Crippen MR) is 207 cm³/mol.